The number of ether oxygens (including phenoxy) is 2. The monoisotopic (exact) mass is 246 g/mol. The van der Waals surface area contributed by atoms with Crippen LogP contribution in [0.15, 0.2) is 28.8 Å². The lowest BCUT2D eigenvalue weighted by Crippen LogP contribution is -1.98. The first-order valence-corrected chi connectivity index (χ1v) is 5.83. The molecular weight excluding hydrogens is 232 g/mol. The van der Waals surface area contributed by atoms with E-state index in [9.17, 15) is 0 Å². The van der Waals surface area contributed by atoms with Gasteiger partial charge in [-0.15, -0.1) is 0 Å². The number of nitrogens with zero attached hydrogens (tertiary/aromatic N) is 1. The SMILES string of the molecule is COc1ccc(-c2cc(N)on2)cc1OC1CC1. The highest BCUT2D eigenvalue weighted by molar-refractivity contribution is 5.65. The highest BCUT2D eigenvalue weighted by atomic mass is 16.5. The van der Waals surface area contributed by atoms with Crippen LogP contribution < -0.4 is 15.2 Å². The van der Waals surface area contributed by atoms with Crippen molar-refractivity contribution in [3.8, 4) is 22.8 Å². The van der Waals surface area contributed by atoms with Crippen molar-refractivity contribution in [3.05, 3.63) is 24.3 Å². The Morgan fingerprint density at radius 3 is 2.72 bits per heavy atom. The van der Waals surface area contributed by atoms with Crippen molar-refractivity contribution in [2.24, 2.45) is 0 Å². The first kappa shape index (κ1) is 11.0. The summed E-state index contributed by atoms with van der Waals surface area (Å²) in [4.78, 5) is 0. The van der Waals surface area contributed by atoms with E-state index in [2.05, 4.69) is 5.16 Å². The van der Waals surface area contributed by atoms with Gasteiger partial charge in [-0.25, -0.2) is 0 Å². The molecule has 1 saturated carbocycles. The van der Waals surface area contributed by atoms with Gasteiger partial charge in [0, 0.05) is 11.6 Å². The van der Waals surface area contributed by atoms with Crippen molar-refractivity contribution < 1.29 is 14.0 Å². The van der Waals surface area contributed by atoms with E-state index >= 15 is 0 Å². The zero-order valence-electron chi connectivity index (χ0n) is 10.1. The van der Waals surface area contributed by atoms with Crippen LogP contribution in [0.1, 0.15) is 12.8 Å². The second kappa shape index (κ2) is 4.25. The average Bonchev–Trinajstić information content (AvgIpc) is 3.08. The topological polar surface area (TPSA) is 70.5 Å². The molecule has 1 aromatic carbocycles. The van der Waals surface area contributed by atoms with E-state index in [1.54, 1.807) is 13.2 Å². The van der Waals surface area contributed by atoms with Gasteiger partial charge in [-0.05, 0) is 31.0 Å². The highest BCUT2D eigenvalue weighted by Gasteiger charge is 2.25. The molecule has 18 heavy (non-hydrogen) atoms. The quantitative estimate of drug-likeness (QED) is 0.897. The Kier molecular flexibility index (Phi) is 2.59. The van der Waals surface area contributed by atoms with Gasteiger partial charge in [0.1, 0.15) is 5.69 Å². The molecule has 1 aliphatic rings. The van der Waals surface area contributed by atoms with Crippen molar-refractivity contribution in [1.82, 2.24) is 5.16 Å². The third-order valence-electron chi connectivity index (χ3n) is 2.81. The number of rotatable bonds is 4. The van der Waals surface area contributed by atoms with Crippen molar-refractivity contribution in [1.29, 1.82) is 0 Å². The molecule has 5 nitrogen and oxygen atoms in total. The molecule has 1 fully saturated rings. The first-order chi connectivity index (χ1) is 8.76. The maximum absolute atomic E-state index is 5.80. The molecule has 0 aliphatic heterocycles. The minimum Gasteiger partial charge on any atom is -0.493 e. The summed E-state index contributed by atoms with van der Waals surface area (Å²) in [5, 5.41) is 3.88. The fraction of sp³-hybridized carbons (Fsp3) is 0.308. The van der Waals surface area contributed by atoms with Crippen LogP contribution in [0.3, 0.4) is 0 Å². The number of hydrogen-bond donors (Lipinski definition) is 1. The fourth-order valence-corrected chi connectivity index (χ4v) is 1.72. The van der Waals surface area contributed by atoms with Crippen molar-refractivity contribution in [2.45, 2.75) is 18.9 Å². The Morgan fingerprint density at radius 2 is 2.11 bits per heavy atom. The maximum Gasteiger partial charge on any atom is 0.222 e. The lowest BCUT2D eigenvalue weighted by atomic mass is 10.1. The molecule has 1 aromatic heterocycles. The average molecular weight is 246 g/mol. The van der Waals surface area contributed by atoms with E-state index in [0.29, 0.717) is 17.7 Å². The largest absolute Gasteiger partial charge is 0.493 e. The van der Waals surface area contributed by atoms with E-state index < -0.39 is 0 Å². The molecule has 0 radical (unpaired) electrons. The number of anilines is 1. The zero-order valence-corrected chi connectivity index (χ0v) is 10.1. The Balaban J connectivity index is 1.95. The summed E-state index contributed by atoms with van der Waals surface area (Å²) in [6.07, 6.45) is 2.52. The molecule has 0 saturated heterocycles. The second-order valence-electron chi connectivity index (χ2n) is 4.30. The van der Waals surface area contributed by atoms with Gasteiger partial charge in [0.05, 0.1) is 13.2 Å². The third-order valence-corrected chi connectivity index (χ3v) is 2.81. The number of methoxy groups -OCH3 is 1. The van der Waals surface area contributed by atoms with E-state index in [0.717, 1.165) is 29.9 Å². The van der Waals surface area contributed by atoms with Crippen LogP contribution in [-0.2, 0) is 0 Å². The minimum absolute atomic E-state index is 0.297. The molecule has 5 heteroatoms. The lowest BCUT2D eigenvalue weighted by Gasteiger charge is -2.10. The molecule has 94 valence electrons. The Morgan fingerprint density at radius 1 is 1.28 bits per heavy atom. The number of nitrogen functional groups attached to an aromatic ring is 1. The molecule has 0 amide bonds. The predicted molar refractivity (Wildman–Crippen MR) is 66.6 cm³/mol. The van der Waals surface area contributed by atoms with Crippen LogP contribution in [0.5, 0.6) is 11.5 Å². The van der Waals surface area contributed by atoms with Gasteiger partial charge in [-0.1, -0.05) is 5.16 Å². The minimum atomic E-state index is 0.297. The molecular formula is C13H14N2O3. The van der Waals surface area contributed by atoms with E-state index in [-0.39, 0.29) is 0 Å². The van der Waals surface area contributed by atoms with E-state index in [1.165, 1.54) is 0 Å². The van der Waals surface area contributed by atoms with Gasteiger partial charge in [0.25, 0.3) is 0 Å². The molecule has 2 aromatic rings. The number of nitrogens with two attached hydrogens (primary N) is 1. The van der Waals surface area contributed by atoms with E-state index in [1.807, 2.05) is 18.2 Å². The highest BCUT2D eigenvalue weighted by Crippen LogP contribution is 2.36. The molecule has 0 unspecified atom stereocenters. The maximum atomic E-state index is 5.80. The van der Waals surface area contributed by atoms with E-state index in [4.69, 9.17) is 19.7 Å². The summed E-state index contributed by atoms with van der Waals surface area (Å²) >= 11 is 0. The standard InChI is InChI=1S/C13H14N2O3/c1-16-11-5-2-8(10-7-13(14)18-15-10)6-12(11)17-9-3-4-9/h2,5-7,9H,3-4,14H2,1H3. The predicted octanol–water partition coefficient (Wildman–Crippen LogP) is 2.47. The summed E-state index contributed by atoms with van der Waals surface area (Å²) < 4.78 is 15.9. The van der Waals surface area contributed by atoms with Crippen molar-refractivity contribution >= 4 is 5.88 Å². The van der Waals surface area contributed by atoms with Gasteiger partial charge in [-0.2, -0.15) is 0 Å². The molecule has 3 rings (SSSR count). The van der Waals surface area contributed by atoms with Crippen LogP contribution >= 0.6 is 0 Å². The number of benzene rings is 1. The summed E-state index contributed by atoms with van der Waals surface area (Å²) in [5.74, 6) is 1.76. The summed E-state index contributed by atoms with van der Waals surface area (Å²) in [6, 6.07) is 7.34. The molecule has 0 spiro atoms. The normalized spacial score (nSPS) is 14.5. The van der Waals surface area contributed by atoms with Gasteiger partial charge >= 0.3 is 0 Å². The molecule has 2 N–H and O–H groups in total. The van der Waals surface area contributed by atoms with Crippen molar-refractivity contribution in [2.75, 3.05) is 12.8 Å². The van der Waals surface area contributed by atoms with Gasteiger partial charge in [0.2, 0.25) is 5.88 Å². The fourth-order valence-electron chi connectivity index (χ4n) is 1.72. The Bertz CT molecular complexity index is 561. The number of aromatic nitrogens is 1. The summed E-state index contributed by atoms with van der Waals surface area (Å²) in [7, 11) is 1.63. The molecule has 0 atom stereocenters. The zero-order chi connectivity index (χ0) is 12.5. The lowest BCUT2D eigenvalue weighted by molar-refractivity contribution is 0.282. The van der Waals surface area contributed by atoms with Crippen molar-refractivity contribution in [3.63, 3.8) is 0 Å². The Hall–Kier alpha value is -2.17. The number of hydrogen-bond acceptors (Lipinski definition) is 5. The van der Waals surface area contributed by atoms with Crippen LogP contribution in [0.25, 0.3) is 11.3 Å². The summed E-state index contributed by atoms with van der Waals surface area (Å²) in [6.45, 7) is 0. The Labute approximate surface area is 104 Å². The van der Waals surface area contributed by atoms with Gasteiger partial charge in [0.15, 0.2) is 11.5 Å². The van der Waals surface area contributed by atoms with Crippen LogP contribution in [0.4, 0.5) is 5.88 Å². The first-order valence-electron chi connectivity index (χ1n) is 5.83. The van der Waals surface area contributed by atoms with Gasteiger partial charge in [-0.3, -0.25) is 0 Å². The molecule has 1 heterocycles. The molecule has 0 bridgehead atoms. The third kappa shape index (κ3) is 2.11. The second-order valence-corrected chi connectivity index (χ2v) is 4.30. The smallest absolute Gasteiger partial charge is 0.222 e. The van der Waals surface area contributed by atoms with Crippen LogP contribution in [-0.4, -0.2) is 18.4 Å². The van der Waals surface area contributed by atoms with Crippen LogP contribution in [0.2, 0.25) is 0 Å². The molecule has 1 aliphatic carbocycles. The van der Waals surface area contributed by atoms with Gasteiger partial charge < -0.3 is 19.7 Å². The van der Waals surface area contributed by atoms with Crippen LogP contribution in [0, 0.1) is 0 Å². The summed E-state index contributed by atoms with van der Waals surface area (Å²) in [5.41, 5.74) is 7.10.